The Balaban J connectivity index is 1.33. The zero-order valence-corrected chi connectivity index (χ0v) is 18.7. The van der Waals surface area contributed by atoms with Crippen LogP contribution in [0.2, 0.25) is 5.02 Å². The van der Waals surface area contributed by atoms with Crippen molar-refractivity contribution in [3.63, 3.8) is 0 Å². The molecule has 33 heavy (non-hydrogen) atoms. The number of halogens is 2. The van der Waals surface area contributed by atoms with Gasteiger partial charge in [0.1, 0.15) is 6.61 Å². The van der Waals surface area contributed by atoms with E-state index in [0.29, 0.717) is 28.4 Å². The van der Waals surface area contributed by atoms with Crippen molar-refractivity contribution in [2.75, 3.05) is 7.11 Å². The molecule has 2 aromatic heterocycles. The van der Waals surface area contributed by atoms with Crippen molar-refractivity contribution in [1.29, 1.82) is 0 Å². The van der Waals surface area contributed by atoms with Gasteiger partial charge in [0.15, 0.2) is 23.0 Å². The van der Waals surface area contributed by atoms with Crippen molar-refractivity contribution in [2.45, 2.75) is 31.8 Å². The molecule has 0 atom stereocenters. The Hall–Kier alpha value is -3.45. The van der Waals surface area contributed by atoms with Crippen LogP contribution in [-0.4, -0.2) is 28.1 Å². The molecule has 6 nitrogen and oxygen atoms in total. The third-order valence-corrected chi connectivity index (χ3v) is 6.07. The number of carbonyl (C=O) groups is 1. The summed E-state index contributed by atoms with van der Waals surface area (Å²) in [4.78, 5) is 17.2. The van der Waals surface area contributed by atoms with Gasteiger partial charge in [0.05, 0.1) is 23.1 Å². The lowest BCUT2D eigenvalue weighted by Crippen LogP contribution is -2.09. The van der Waals surface area contributed by atoms with E-state index in [1.165, 1.54) is 43.8 Å². The molecule has 168 valence electrons. The van der Waals surface area contributed by atoms with Gasteiger partial charge in [-0.25, -0.2) is 9.37 Å². The van der Waals surface area contributed by atoms with Gasteiger partial charge >= 0.3 is 0 Å². The van der Waals surface area contributed by atoms with Gasteiger partial charge in [-0.05, 0) is 53.6 Å². The van der Waals surface area contributed by atoms with E-state index >= 15 is 4.39 Å². The minimum atomic E-state index is -0.767. The second-order valence-corrected chi connectivity index (χ2v) is 8.52. The first kappa shape index (κ1) is 21.4. The maximum Gasteiger partial charge on any atom is 0.241 e. The summed E-state index contributed by atoms with van der Waals surface area (Å²) in [6.45, 7) is 0.192. The number of rotatable bonds is 8. The SMILES string of the molecule is COc1n[nH]c2ncc(CC(=O)c3c(Cl)ccc(OCc4ccc(C5CC5)cc4)c3F)cc12. The lowest BCUT2D eigenvalue weighted by atomic mass is 10.0. The number of aromatic amines is 1. The van der Waals surface area contributed by atoms with Crippen LogP contribution in [0, 0.1) is 5.82 Å². The molecule has 1 aliphatic rings. The molecule has 1 saturated carbocycles. The highest BCUT2D eigenvalue weighted by Gasteiger charge is 2.23. The van der Waals surface area contributed by atoms with Gasteiger partial charge in [-0.15, -0.1) is 5.10 Å². The lowest BCUT2D eigenvalue weighted by Gasteiger charge is -2.12. The number of H-pyrrole nitrogens is 1. The van der Waals surface area contributed by atoms with Crippen molar-refractivity contribution in [2.24, 2.45) is 0 Å². The number of fused-ring (bicyclic) bond motifs is 1. The molecule has 0 amide bonds. The van der Waals surface area contributed by atoms with Crippen LogP contribution in [0.5, 0.6) is 11.6 Å². The zero-order valence-electron chi connectivity index (χ0n) is 17.9. The number of carbonyl (C=O) groups excluding carboxylic acids is 1. The van der Waals surface area contributed by atoms with E-state index in [9.17, 15) is 4.79 Å². The maximum atomic E-state index is 15.2. The van der Waals surface area contributed by atoms with E-state index in [4.69, 9.17) is 21.1 Å². The van der Waals surface area contributed by atoms with Gasteiger partial charge in [-0.2, -0.15) is 0 Å². The number of benzene rings is 2. The fraction of sp³-hybridized carbons (Fsp3) is 0.240. The molecule has 2 aromatic carbocycles. The fourth-order valence-corrected chi connectivity index (χ4v) is 4.07. The number of hydrogen-bond donors (Lipinski definition) is 1. The highest BCUT2D eigenvalue weighted by molar-refractivity contribution is 6.34. The Bertz CT molecular complexity index is 1330. The average molecular weight is 466 g/mol. The summed E-state index contributed by atoms with van der Waals surface area (Å²) < 4.78 is 26.1. The molecule has 0 radical (unpaired) electrons. The van der Waals surface area contributed by atoms with Gasteiger partial charge in [0.25, 0.3) is 0 Å². The molecular weight excluding hydrogens is 445 g/mol. The van der Waals surface area contributed by atoms with Gasteiger partial charge in [-0.1, -0.05) is 35.9 Å². The molecule has 1 fully saturated rings. The molecule has 2 heterocycles. The van der Waals surface area contributed by atoms with Crippen molar-refractivity contribution in [3.05, 3.63) is 81.8 Å². The van der Waals surface area contributed by atoms with Gasteiger partial charge in [-0.3, -0.25) is 9.89 Å². The van der Waals surface area contributed by atoms with Crippen LogP contribution < -0.4 is 9.47 Å². The number of aromatic nitrogens is 3. The van der Waals surface area contributed by atoms with Crippen LogP contribution in [-0.2, 0) is 13.0 Å². The van der Waals surface area contributed by atoms with Crippen LogP contribution in [0.3, 0.4) is 0 Å². The molecule has 1 aliphatic carbocycles. The molecule has 5 rings (SSSR count). The summed E-state index contributed by atoms with van der Waals surface area (Å²) in [5.74, 6) is -0.208. The first-order valence-electron chi connectivity index (χ1n) is 10.6. The van der Waals surface area contributed by atoms with E-state index in [0.717, 1.165) is 5.56 Å². The number of ketones is 1. The van der Waals surface area contributed by atoms with E-state index in [1.807, 2.05) is 12.1 Å². The smallest absolute Gasteiger partial charge is 0.241 e. The van der Waals surface area contributed by atoms with E-state index in [2.05, 4.69) is 27.3 Å². The molecule has 1 N–H and O–H groups in total. The van der Waals surface area contributed by atoms with E-state index < -0.39 is 11.6 Å². The molecule has 0 aliphatic heterocycles. The minimum absolute atomic E-state index is 0.0147. The van der Waals surface area contributed by atoms with E-state index in [-0.39, 0.29) is 29.4 Å². The predicted molar refractivity (Wildman–Crippen MR) is 123 cm³/mol. The second-order valence-electron chi connectivity index (χ2n) is 8.11. The standard InChI is InChI=1S/C25H21ClFN3O3/c1-32-25-18-10-15(12-28-24(18)29-30-25)11-20(31)22-19(26)8-9-21(23(22)27)33-13-14-2-4-16(5-3-14)17-6-7-17/h2-5,8-10,12,17H,6-7,11,13H2,1H3,(H,28,29,30). The first-order valence-corrected chi connectivity index (χ1v) is 11.0. The number of Topliss-reactive ketones (excluding diaryl/α,β-unsaturated/α-hetero) is 1. The Morgan fingerprint density at radius 2 is 1.97 bits per heavy atom. The number of ether oxygens (including phenoxy) is 2. The Morgan fingerprint density at radius 1 is 1.18 bits per heavy atom. The Morgan fingerprint density at radius 3 is 2.70 bits per heavy atom. The van der Waals surface area contributed by atoms with Crippen molar-refractivity contribution >= 4 is 28.4 Å². The average Bonchev–Trinajstić information content (AvgIpc) is 3.59. The van der Waals surface area contributed by atoms with E-state index in [1.54, 1.807) is 6.07 Å². The molecule has 0 unspecified atom stereocenters. The summed E-state index contributed by atoms with van der Waals surface area (Å²) in [5.41, 5.74) is 3.18. The normalized spacial score (nSPS) is 13.3. The zero-order chi connectivity index (χ0) is 22.9. The maximum absolute atomic E-state index is 15.2. The predicted octanol–water partition coefficient (Wildman–Crippen LogP) is 5.64. The van der Waals surface area contributed by atoms with Gasteiger partial charge in [0.2, 0.25) is 5.88 Å². The topological polar surface area (TPSA) is 77.1 Å². The highest BCUT2D eigenvalue weighted by atomic mass is 35.5. The lowest BCUT2D eigenvalue weighted by molar-refractivity contribution is 0.0988. The largest absolute Gasteiger partial charge is 0.486 e. The second kappa shape index (κ2) is 8.83. The molecule has 0 bridgehead atoms. The fourth-order valence-electron chi connectivity index (χ4n) is 3.81. The summed E-state index contributed by atoms with van der Waals surface area (Å²) in [7, 11) is 1.50. The third-order valence-electron chi connectivity index (χ3n) is 5.75. The molecule has 0 saturated heterocycles. The molecule has 8 heteroatoms. The third kappa shape index (κ3) is 4.41. The summed E-state index contributed by atoms with van der Waals surface area (Å²) >= 11 is 6.19. The first-order chi connectivity index (χ1) is 16.0. The van der Waals surface area contributed by atoms with Crippen molar-refractivity contribution < 1.29 is 18.7 Å². The summed E-state index contributed by atoms with van der Waals surface area (Å²) in [6, 6.07) is 12.8. The highest BCUT2D eigenvalue weighted by Crippen LogP contribution is 2.40. The number of nitrogens with one attached hydrogen (secondary N) is 1. The van der Waals surface area contributed by atoms with Crippen LogP contribution >= 0.6 is 11.6 Å². The monoisotopic (exact) mass is 465 g/mol. The van der Waals surface area contributed by atoms with Crippen molar-refractivity contribution in [1.82, 2.24) is 15.2 Å². The minimum Gasteiger partial charge on any atom is -0.486 e. The van der Waals surface area contributed by atoms with Gasteiger partial charge < -0.3 is 9.47 Å². The molecular formula is C25H21ClFN3O3. The number of methoxy groups -OCH3 is 1. The molecule has 0 spiro atoms. The quantitative estimate of drug-likeness (QED) is 0.341. The number of pyridine rings is 1. The van der Waals surface area contributed by atoms with Crippen molar-refractivity contribution in [3.8, 4) is 11.6 Å². The van der Waals surface area contributed by atoms with Crippen LogP contribution in [0.15, 0.2) is 48.7 Å². The number of nitrogens with zero attached hydrogens (tertiary/aromatic N) is 2. The molecule has 4 aromatic rings. The Kier molecular flexibility index (Phi) is 5.72. The summed E-state index contributed by atoms with van der Waals surface area (Å²) in [6.07, 6.45) is 3.93. The number of hydrogen-bond acceptors (Lipinski definition) is 5. The van der Waals surface area contributed by atoms with Crippen LogP contribution in [0.4, 0.5) is 4.39 Å². The Labute approximate surface area is 194 Å². The summed E-state index contributed by atoms with van der Waals surface area (Å²) in [5, 5.41) is 7.42. The van der Waals surface area contributed by atoms with Gasteiger partial charge in [0, 0.05) is 12.6 Å². The van der Waals surface area contributed by atoms with Crippen LogP contribution in [0.1, 0.15) is 45.8 Å². The van der Waals surface area contributed by atoms with Crippen LogP contribution in [0.25, 0.3) is 11.0 Å².